The summed E-state index contributed by atoms with van der Waals surface area (Å²) in [6.45, 7) is 2.86. The van der Waals surface area contributed by atoms with E-state index in [1.165, 1.54) is 0 Å². The molecule has 1 spiro atoms. The van der Waals surface area contributed by atoms with Crippen molar-refractivity contribution in [3.05, 3.63) is 60.2 Å². The summed E-state index contributed by atoms with van der Waals surface area (Å²) in [6.07, 6.45) is 7.27. The zero-order chi connectivity index (χ0) is 19.4. The minimum Gasteiger partial charge on any atom is -0.342 e. The number of pyridine rings is 2. The minimum absolute atomic E-state index is 0.129. The topological polar surface area (TPSA) is 66.4 Å². The zero-order valence-corrected chi connectivity index (χ0v) is 16.1. The van der Waals surface area contributed by atoms with Crippen LogP contribution in [0, 0.1) is 5.41 Å². The van der Waals surface area contributed by atoms with Gasteiger partial charge in [0, 0.05) is 44.1 Å². The van der Waals surface area contributed by atoms with Gasteiger partial charge in [0.25, 0.3) is 0 Å². The first kappa shape index (κ1) is 18.6. The van der Waals surface area contributed by atoms with Crippen molar-refractivity contribution in [3.8, 4) is 0 Å². The van der Waals surface area contributed by atoms with Crippen LogP contribution in [0.5, 0.6) is 0 Å². The van der Waals surface area contributed by atoms with Gasteiger partial charge in [-0.15, -0.1) is 0 Å². The maximum atomic E-state index is 12.6. The molecule has 0 radical (unpaired) electrons. The number of carbonyl (C=O) groups is 2. The van der Waals surface area contributed by atoms with Crippen LogP contribution in [0.2, 0.25) is 0 Å². The maximum Gasteiger partial charge on any atom is 0.228 e. The van der Waals surface area contributed by atoms with Crippen LogP contribution in [0.4, 0.5) is 0 Å². The molecule has 4 rings (SSSR count). The Labute approximate surface area is 165 Å². The molecule has 0 bridgehead atoms. The number of likely N-dealkylation sites (tertiary alicyclic amines) is 2. The molecule has 0 aliphatic carbocycles. The molecule has 2 fully saturated rings. The van der Waals surface area contributed by atoms with Gasteiger partial charge in [0.2, 0.25) is 11.8 Å². The third-order valence-electron chi connectivity index (χ3n) is 6.06. The first-order valence-electron chi connectivity index (χ1n) is 9.99. The zero-order valence-electron chi connectivity index (χ0n) is 16.1. The minimum atomic E-state index is 0.129. The smallest absolute Gasteiger partial charge is 0.228 e. The van der Waals surface area contributed by atoms with E-state index in [1.807, 2.05) is 46.2 Å². The lowest BCUT2D eigenvalue weighted by molar-refractivity contribution is -0.143. The van der Waals surface area contributed by atoms with Gasteiger partial charge in [0.05, 0.1) is 18.7 Å². The number of amides is 2. The quantitative estimate of drug-likeness (QED) is 0.820. The third kappa shape index (κ3) is 4.21. The molecular formula is C22H26N4O2. The van der Waals surface area contributed by atoms with Crippen molar-refractivity contribution in [2.75, 3.05) is 19.6 Å². The molecule has 28 heavy (non-hydrogen) atoms. The van der Waals surface area contributed by atoms with Crippen LogP contribution in [0.3, 0.4) is 0 Å². The molecule has 0 atom stereocenters. The van der Waals surface area contributed by atoms with Crippen LogP contribution in [0.15, 0.2) is 48.8 Å². The second-order valence-corrected chi connectivity index (χ2v) is 7.95. The molecule has 4 heterocycles. The van der Waals surface area contributed by atoms with E-state index in [-0.39, 0.29) is 17.2 Å². The Morgan fingerprint density at radius 2 is 1.64 bits per heavy atom. The summed E-state index contributed by atoms with van der Waals surface area (Å²) in [7, 11) is 0. The molecular weight excluding hydrogens is 352 g/mol. The van der Waals surface area contributed by atoms with E-state index in [0.717, 1.165) is 50.3 Å². The number of hydrogen-bond acceptors (Lipinski definition) is 4. The molecule has 0 N–H and O–H groups in total. The van der Waals surface area contributed by atoms with Crippen molar-refractivity contribution < 1.29 is 9.59 Å². The summed E-state index contributed by atoms with van der Waals surface area (Å²) in [5.41, 5.74) is 1.87. The fourth-order valence-corrected chi connectivity index (χ4v) is 4.34. The Morgan fingerprint density at radius 1 is 0.964 bits per heavy atom. The summed E-state index contributed by atoms with van der Waals surface area (Å²) in [6, 6.07) is 11.5. The molecule has 2 aromatic rings. The monoisotopic (exact) mass is 378 g/mol. The predicted octanol–water partition coefficient (Wildman–Crippen LogP) is 2.45. The highest BCUT2D eigenvalue weighted by Crippen LogP contribution is 2.40. The normalized spacial score (nSPS) is 19.1. The Kier molecular flexibility index (Phi) is 5.37. The van der Waals surface area contributed by atoms with Gasteiger partial charge in [-0.1, -0.05) is 12.1 Å². The lowest BCUT2D eigenvalue weighted by Gasteiger charge is -2.47. The molecule has 6 heteroatoms. The average Bonchev–Trinajstić information content (AvgIpc) is 2.73. The fraction of sp³-hybridized carbons (Fsp3) is 0.455. The Morgan fingerprint density at radius 3 is 2.29 bits per heavy atom. The second kappa shape index (κ2) is 8.09. The number of hydrogen-bond donors (Lipinski definition) is 0. The van der Waals surface area contributed by atoms with Crippen molar-refractivity contribution in [2.45, 2.75) is 38.6 Å². The van der Waals surface area contributed by atoms with Gasteiger partial charge in [0.1, 0.15) is 0 Å². The first-order chi connectivity index (χ1) is 13.6. The highest BCUT2D eigenvalue weighted by atomic mass is 16.2. The first-order valence-corrected chi connectivity index (χ1v) is 9.99. The predicted molar refractivity (Wildman–Crippen MR) is 105 cm³/mol. The maximum absolute atomic E-state index is 12.6. The molecule has 2 amide bonds. The van der Waals surface area contributed by atoms with Crippen LogP contribution in [0.1, 0.15) is 37.1 Å². The number of carbonyl (C=O) groups excluding carboxylic acids is 2. The number of piperidine rings is 2. The molecule has 2 saturated heterocycles. The van der Waals surface area contributed by atoms with Crippen LogP contribution >= 0.6 is 0 Å². The van der Waals surface area contributed by atoms with E-state index in [1.54, 1.807) is 12.4 Å². The summed E-state index contributed by atoms with van der Waals surface area (Å²) >= 11 is 0. The number of aromatic nitrogens is 2. The van der Waals surface area contributed by atoms with Crippen LogP contribution in [-0.4, -0.2) is 51.2 Å². The molecule has 2 aromatic heterocycles. The van der Waals surface area contributed by atoms with Crippen LogP contribution in [0.25, 0.3) is 0 Å². The van der Waals surface area contributed by atoms with Crippen molar-refractivity contribution >= 4 is 11.8 Å². The van der Waals surface area contributed by atoms with E-state index >= 15 is 0 Å². The van der Waals surface area contributed by atoms with Gasteiger partial charge in [0.15, 0.2) is 0 Å². The summed E-state index contributed by atoms with van der Waals surface area (Å²) in [4.78, 5) is 37.6. The third-order valence-corrected chi connectivity index (χ3v) is 6.06. The van der Waals surface area contributed by atoms with Gasteiger partial charge in [-0.3, -0.25) is 19.6 Å². The second-order valence-electron chi connectivity index (χ2n) is 7.95. The van der Waals surface area contributed by atoms with Crippen LogP contribution in [-0.2, 0) is 22.6 Å². The van der Waals surface area contributed by atoms with Gasteiger partial charge in [-0.2, -0.15) is 0 Å². The van der Waals surface area contributed by atoms with E-state index in [0.29, 0.717) is 19.4 Å². The Balaban J connectivity index is 1.35. The van der Waals surface area contributed by atoms with Crippen LogP contribution < -0.4 is 0 Å². The Hall–Kier alpha value is -2.76. The van der Waals surface area contributed by atoms with E-state index < -0.39 is 0 Å². The molecule has 0 aromatic carbocycles. The molecule has 2 aliphatic heterocycles. The lowest BCUT2D eigenvalue weighted by Crippen LogP contribution is -2.52. The Bertz CT molecular complexity index is 817. The summed E-state index contributed by atoms with van der Waals surface area (Å²) < 4.78 is 0. The number of nitrogens with zero attached hydrogens (tertiary/aromatic N) is 4. The molecule has 0 saturated carbocycles. The largest absolute Gasteiger partial charge is 0.342 e. The van der Waals surface area contributed by atoms with Crippen molar-refractivity contribution in [1.82, 2.24) is 19.8 Å². The fourth-order valence-electron chi connectivity index (χ4n) is 4.34. The van der Waals surface area contributed by atoms with Gasteiger partial charge < -0.3 is 9.80 Å². The highest BCUT2D eigenvalue weighted by Gasteiger charge is 2.41. The molecule has 0 unspecified atom stereocenters. The molecule has 146 valence electrons. The van der Waals surface area contributed by atoms with Gasteiger partial charge in [-0.25, -0.2) is 0 Å². The van der Waals surface area contributed by atoms with Crippen molar-refractivity contribution in [3.63, 3.8) is 0 Å². The lowest BCUT2D eigenvalue weighted by atomic mass is 9.72. The molecule has 2 aliphatic rings. The summed E-state index contributed by atoms with van der Waals surface area (Å²) in [5.74, 6) is 0.357. The average molecular weight is 378 g/mol. The highest BCUT2D eigenvalue weighted by molar-refractivity contribution is 5.79. The van der Waals surface area contributed by atoms with Gasteiger partial charge in [-0.05, 0) is 48.9 Å². The van der Waals surface area contributed by atoms with E-state index in [9.17, 15) is 9.59 Å². The molecule has 6 nitrogen and oxygen atoms in total. The standard InChI is InChI=1S/C22H26N4O2/c27-20-7-8-22(17-26(20)16-19-6-2-4-12-24-19)9-13-25(14-10-22)21(28)15-18-5-1-3-11-23-18/h1-6,11-12H,7-10,13-17H2. The van der Waals surface area contributed by atoms with Gasteiger partial charge >= 0.3 is 0 Å². The summed E-state index contributed by atoms with van der Waals surface area (Å²) in [5, 5.41) is 0. The number of rotatable bonds is 4. The van der Waals surface area contributed by atoms with E-state index in [4.69, 9.17) is 0 Å². The van der Waals surface area contributed by atoms with Crippen molar-refractivity contribution in [2.24, 2.45) is 5.41 Å². The SMILES string of the molecule is O=C(Cc1ccccn1)N1CCC2(CCC(=O)N(Cc3ccccn3)C2)CC1. The van der Waals surface area contributed by atoms with E-state index in [2.05, 4.69) is 9.97 Å². The van der Waals surface area contributed by atoms with Crippen molar-refractivity contribution in [1.29, 1.82) is 0 Å².